The molecule has 0 fully saturated rings. The number of nitrogens with zero attached hydrogens (tertiary/aromatic N) is 3. The Morgan fingerprint density at radius 1 is 1.57 bits per heavy atom. The number of hydrogen-bond acceptors (Lipinski definition) is 4. The number of aromatic nitrogens is 3. The summed E-state index contributed by atoms with van der Waals surface area (Å²) in [6, 6.07) is 4.85. The number of primary amides is 1. The molecule has 2 aromatic rings. The van der Waals surface area contributed by atoms with Gasteiger partial charge in [0.15, 0.2) is 0 Å². The fourth-order valence-electron chi connectivity index (χ4n) is 1.19. The molecule has 1 heterocycles. The molecule has 0 atom stereocenters. The van der Waals surface area contributed by atoms with Crippen molar-refractivity contribution in [2.24, 2.45) is 5.73 Å². The fourth-order valence-corrected chi connectivity index (χ4v) is 1.19. The van der Waals surface area contributed by atoms with Crippen LogP contribution in [-0.2, 0) is 0 Å². The molecule has 6 nitrogen and oxygen atoms in total. The van der Waals surface area contributed by atoms with Gasteiger partial charge in [-0.3, -0.25) is 4.79 Å². The second-order valence-corrected chi connectivity index (χ2v) is 2.71. The molecule has 2 N–H and O–H groups in total. The molecule has 1 aromatic carbocycles. The van der Waals surface area contributed by atoms with Crippen molar-refractivity contribution in [3.05, 3.63) is 23.8 Å². The first kappa shape index (κ1) is 8.49. The minimum Gasteiger partial charge on any atom is -0.398 e. The van der Waals surface area contributed by atoms with Crippen molar-refractivity contribution in [3.8, 4) is 0 Å². The molecule has 1 aromatic heterocycles. The molecule has 0 unspecified atom stereocenters. The molecule has 0 bridgehead atoms. The van der Waals surface area contributed by atoms with Gasteiger partial charge >= 0.3 is 0 Å². The number of hydrogen-bond donors (Lipinski definition) is 1. The zero-order valence-electron chi connectivity index (χ0n) is 7.47. The molecule has 0 radical (unpaired) electrons. The lowest BCUT2D eigenvalue weighted by atomic mass is 10.2. The topological polar surface area (TPSA) is 83.0 Å². The van der Waals surface area contributed by atoms with Gasteiger partial charge < -0.3 is 10.6 Å². The minimum atomic E-state index is -0.487. The van der Waals surface area contributed by atoms with Crippen LogP contribution in [0.2, 0.25) is 0 Å². The zero-order valence-corrected chi connectivity index (χ0v) is 7.47. The average Bonchev–Trinajstić information content (AvgIpc) is 2.59. The molecule has 14 heavy (non-hydrogen) atoms. The van der Waals surface area contributed by atoms with Gasteiger partial charge in [-0.05, 0) is 23.4 Å². The summed E-state index contributed by atoms with van der Waals surface area (Å²) >= 11 is 0. The molecule has 72 valence electrons. The molecule has 1 amide bonds. The SMILES string of the molecule is COn1nnc2cc(C(N)=O)ccc21. The van der Waals surface area contributed by atoms with Crippen molar-refractivity contribution in [2.45, 2.75) is 0 Å². The lowest BCUT2D eigenvalue weighted by Crippen LogP contribution is -2.11. The van der Waals surface area contributed by atoms with E-state index >= 15 is 0 Å². The van der Waals surface area contributed by atoms with Crippen LogP contribution in [0.5, 0.6) is 0 Å². The van der Waals surface area contributed by atoms with Gasteiger partial charge in [-0.15, -0.1) is 5.10 Å². The molecule has 0 aliphatic rings. The van der Waals surface area contributed by atoms with Gasteiger partial charge in [-0.1, -0.05) is 4.85 Å². The quantitative estimate of drug-likeness (QED) is 0.701. The second-order valence-electron chi connectivity index (χ2n) is 2.71. The minimum absolute atomic E-state index is 0.403. The third-order valence-corrected chi connectivity index (χ3v) is 1.87. The van der Waals surface area contributed by atoms with Crippen LogP contribution < -0.4 is 10.6 Å². The first-order chi connectivity index (χ1) is 6.72. The third kappa shape index (κ3) is 1.17. The Morgan fingerprint density at radius 2 is 2.36 bits per heavy atom. The largest absolute Gasteiger partial charge is 0.398 e. The Morgan fingerprint density at radius 3 is 3.00 bits per heavy atom. The predicted octanol–water partition coefficient (Wildman–Crippen LogP) is -0.411. The van der Waals surface area contributed by atoms with Crippen LogP contribution in [-0.4, -0.2) is 28.2 Å². The maximum atomic E-state index is 10.9. The van der Waals surface area contributed by atoms with Gasteiger partial charge in [0.25, 0.3) is 0 Å². The Bertz CT molecular complexity index is 491. The van der Waals surface area contributed by atoms with Crippen molar-refractivity contribution in [2.75, 3.05) is 7.11 Å². The maximum Gasteiger partial charge on any atom is 0.248 e. The van der Waals surface area contributed by atoms with Gasteiger partial charge in [0.05, 0.1) is 0 Å². The maximum absolute atomic E-state index is 10.9. The first-order valence-electron chi connectivity index (χ1n) is 3.92. The van der Waals surface area contributed by atoms with Gasteiger partial charge in [-0.2, -0.15) is 0 Å². The van der Waals surface area contributed by atoms with Crippen LogP contribution in [0.25, 0.3) is 11.0 Å². The van der Waals surface area contributed by atoms with E-state index in [-0.39, 0.29) is 0 Å². The molecule has 0 spiro atoms. The lowest BCUT2D eigenvalue weighted by molar-refractivity contribution is 0.100. The Balaban J connectivity index is 2.63. The molecule has 0 saturated heterocycles. The third-order valence-electron chi connectivity index (χ3n) is 1.87. The summed E-state index contributed by atoms with van der Waals surface area (Å²) in [6.45, 7) is 0. The monoisotopic (exact) mass is 192 g/mol. The highest BCUT2D eigenvalue weighted by Crippen LogP contribution is 2.11. The zero-order chi connectivity index (χ0) is 10.1. The van der Waals surface area contributed by atoms with Gasteiger partial charge in [0.1, 0.15) is 18.1 Å². The highest BCUT2D eigenvalue weighted by molar-refractivity contribution is 5.96. The summed E-state index contributed by atoms with van der Waals surface area (Å²) in [5.41, 5.74) is 6.79. The number of fused-ring (bicyclic) bond motifs is 1. The van der Waals surface area contributed by atoms with Crippen LogP contribution in [0.15, 0.2) is 18.2 Å². The van der Waals surface area contributed by atoms with Gasteiger partial charge in [0, 0.05) is 5.56 Å². The summed E-state index contributed by atoms with van der Waals surface area (Å²) in [7, 11) is 1.48. The number of carbonyl (C=O) groups excluding carboxylic acids is 1. The van der Waals surface area contributed by atoms with Gasteiger partial charge in [-0.25, -0.2) is 0 Å². The highest BCUT2D eigenvalue weighted by Gasteiger charge is 2.07. The van der Waals surface area contributed by atoms with E-state index < -0.39 is 5.91 Å². The van der Waals surface area contributed by atoms with Crippen LogP contribution in [0.1, 0.15) is 10.4 Å². The van der Waals surface area contributed by atoms with E-state index in [9.17, 15) is 4.79 Å². The number of rotatable bonds is 2. The van der Waals surface area contributed by atoms with Crippen molar-refractivity contribution in [1.29, 1.82) is 0 Å². The summed E-state index contributed by atoms with van der Waals surface area (Å²) in [6.07, 6.45) is 0. The number of amides is 1. The number of benzene rings is 1. The van der Waals surface area contributed by atoms with E-state index in [2.05, 4.69) is 10.3 Å². The average molecular weight is 192 g/mol. The molecular formula is C8H8N4O2. The van der Waals surface area contributed by atoms with E-state index in [1.807, 2.05) is 0 Å². The van der Waals surface area contributed by atoms with E-state index in [0.29, 0.717) is 16.6 Å². The van der Waals surface area contributed by atoms with Crippen molar-refractivity contribution < 1.29 is 9.63 Å². The van der Waals surface area contributed by atoms with E-state index in [4.69, 9.17) is 10.6 Å². The molecule has 0 aliphatic carbocycles. The van der Waals surface area contributed by atoms with Crippen molar-refractivity contribution in [1.82, 2.24) is 15.2 Å². The Hall–Kier alpha value is -2.11. The van der Waals surface area contributed by atoms with E-state index in [1.165, 1.54) is 12.0 Å². The summed E-state index contributed by atoms with van der Waals surface area (Å²) < 4.78 is 0. The first-order valence-corrected chi connectivity index (χ1v) is 3.92. The number of nitrogens with two attached hydrogens (primary N) is 1. The van der Waals surface area contributed by atoms with Crippen LogP contribution in [0.3, 0.4) is 0 Å². The summed E-state index contributed by atoms with van der Waals surface area (Å²) in [4.78, 5) is 17.0. The van der Waals surface area contributed by atoms with Crippen LogP contribution in [0.4, 0.5) is 0 Å². The molecule has 6 heteroatoms. The predicted molar refractivity (Wildman–Crippen MR) is 48.5 cm³/mol. The molecule has 0 saturated carbocycles. The summed E-state index contributed by atoms with van der Waals surface area (Å²) in [5, 5.41) is 7.52. The number of carbonyl (C=O) groups is 1. The van der Waals surface area contributed by atoms with Crippen LogP contribution in [0, 0.1) is 0 Å². The highest BCUT2D eigenvalue weighted by atomic mass is 16.7. The molecule has 0 aliphatic heterocycles. The molecular weight excluding hydrogens is 184 g/mol. The molecule has 2 rings (SSSR count). The fraction of sp³-hybridized carbons (Fsp3) is 0.125. The summed E-state index contributed by atoms with van der Waals surface area (Å²) in [5.74, 6) is -0.487. The Kier molecular flexibility index (Phi) is 1.81. The van der Waals surface area contributed by atoms with E-state index in [0.717, 1.165) is 0 Å². The smallest absolute Gasteiger partial charge is 0.248 e. The normalized spacial score (nSPS) is 10.4. The van der Waals surface area contributed by atoms with Gasteiger partial charge in [0.2, 0.25) is 5.91 Å². The lowest BCUT2D eigenvalue weighted by Gasteiger charge is -1.97. The van der Waals surface area contributed by atoms with E-state index in [1.54, 1.807) is 18.2 Å². The Labute approximate surface area is 79.2 Å². The van der Waals surface area contributed by atoms with Crippen LogP contribution >= 0.6 is 0 Å². The van der Waals surface area contributed by atoms with Crippen molar-refractivity contribution in [3.63, 3.8) is 0 Å². The standard InChI is InChI=1S/C8H8N4O2/c1-14-12-7-3-2-5(8(9)13)4-6(7)10-11-12/h2-4H,1H3,(H2,9,13). The van der Waals surface area contributed by atoms with Crippen molar-refractivity contribution >= 4 is 16.9 Å². The second kappa shape index (κ2) is 2.99.